The topological polar surface area (TPSA) is 102 Å². The van der Waals surface area contributed by atoms with Crippen molar-refractivity contribution in [3.63, 3.8) is 0 Å². The molecule has 0 aliphatic carbocycles. The lowest BCUT2D eigenvalue weighted by atomic mass is 10.1. The van der Waals surface area contributed by atoms with E-state index in [1.165, 1.54) is 18.2 Å². The van der Waals surface area contributed by atoms with Gasteiger partial charge in [0.15, 0.2) is 0 Å². The van der Waals surface area contributed by atoms with E-state index in [4.69, 9.17) is 15.6 Å². The van der Waals surface area contributed by atoms with E-state index in [0.29, 0.717) is 29.3 Å². The third-order valence-electron chi connectivity index (χ3n) is 3.10. The number of anilines is 2. The highest BCUT2D eigenvalue weighted by molar-refractivity contribution is 6.05. The summed E-state index contributed by atoms with van der Waals surface area (Å²) in [5.41, 5.74) is 7.13. The van der Waals surface area contributed by atoms with Gasteiger partial charge >= 0.3 is 5.97 Å². The quantitative estimate of drug-likeness (QED) is 0.711. The molecule has 0 spiro atoms. The summed E-state index contributed by atoms with van der Waals surface area (Å²) in [4.78, 5) is 23.2. The summed E-state index contributed by atoms with van der Waals surface area (Å²) >= 11 is 0. The Morgan fingerprint density at radius 3 is 2.61 bits per heavy atom. The Balaban J connectivity index is 2.13. The van der Waals surface area contributed by atoms with E-state index in [1.807, 2.05) is 6.92 Å². The Morgan fingerprint density at radius 2 is 1.96 bits per heavy atom. The average Bonchev–Trinajstić information content (AvgIpc) is 2.53. The van der Waals surface area contributed by atoms with E-state index in [0.717, 1.165) is 6.42 Å². The van der Waals surface area contributed by atoms with Crippen molar-refractivity contribution >= 4 is 23.3 Å². The van der Waals surface area contributed by atoms with Gasteiger partial charge in [0.25, 0.3) is 5.91 Å². The minimum Gasteiger partial charge on any atom is -0.491 e. The number of carboxylic acid groups (broad SMARTS) is 1. The van der Waals surface area contributed by atoms with Gasteiger partial charge in [-0.1, -0.05) is 13.0 Å². The zero-order valence-corrected chi connectivity index (χ0v) is 12.7. The number of rotatable bonds is 6. The maximum Gasteiger partial charge on any atom is 0.335 e. The fraction of sp³-hybridized carbons (Fsp3) is 0.176. The van der Waals surface area contributed by atoms with Crippen LogP contribution in [-0.2, 0) is 0 Å². The third kappa shape index (κ3) is 4.23. The number of carbonyl (C=O) groups excluding carboxylic acids is 1. The van der Waals surface area contributed by atoms with Crippen LogP contribution in [-0.4, -0.2) is 23.6 Å². The van der Waals surface area contributed by atoms with Crippen molar-refractivity contribution in [3.8, 4) is 5.75 Å². The average molecular weight is 314 g/mol. The number of carboxylic acids is 1. The second-order valence-corrected chi connectivity index (χ2v) is 4.94. The highest BCUT2D eigenvalue weighted by Crippen LogP contribution is 2.23. The summed E-state index contributed by atoms with van der Waals surface area (Å²) in [5, 5.41) is 11.6. The molecule has 0 aliphatic heterocycles. The summed E-state index contributed by atoms with van der Waals surface area (Å²) in [7, 11) is 0. The SMILES string of the molecule is CCCOc1ccc(C(=O)Nc2cccc(C(=O)O)c2)cc1N. The fourth-order valence-electron chi connectivity index (χ4n) is 1.97. The highest BCUT2D eigenvalue weighted by Gasteiger charge is 2.10. The Kier molecular flexibility index (Phi) is 5.19. The van der Waals surface area contributed by atoms with E-state index >= 15 is 0 Å². The molecule has 4 N–H and O–H groups in total. The van der Waals surface area contributed by atoms with Crippen molar-refractivity contribution in [2.75, 3.05) is 17.7 Å². The maximum absolute atomic E-state index is 12.2. The molecule has 0 atom stereocenters. The number of aromatic carboxylic acids is 1. The van der Waals surface area contributed by atoms with Crippen LogP contribution in [0.5, 0.6) is 5.75 Å². The van der Waals surface area contributed by atoms with Crippen LogP contribution in [0.1, 0.15) is 34.1 Å². The lowest BCUT2D eigenvalue weighted by Crippen LogP contribution is -2.13. The smallest absolute Gasteiger partial charge is 0.335 e. The number of nitrogens with two attached hydrogens (primary N) is 1. The number of nitrogen functional groups attached to an aromatic ring is 1. The minimum absolute atomic E-state index is 0.102. The third-order valence-corrected chi connectivity index (χ3v) is 3.10. The molecular weight excluding hydrogens is 296 g/mol. The van der Waals surface area contributed by atoms with Gasteiger partial charge in [-0.25, -0.2) is 4.79 Å². The van der Waals surface area contributed by atoms with Crippen LogP contribution in [0.2, 0.25) is 0 Å². The number of ether oxygens (including phenoxy) is 1. The molecule has 23 heavy (non-hydrogen) atoms. The van der Waals surface area contributed by atoms with E-state index in [-0.39, 0.29) is 11.5 Å². The Hall–Kier alpha value is -3.02. The first-order valence-electron chi connectivity index (χ1n) is 7.18. The van der Waals surface area contributed by atoms with Gasteiger partial charge in [-0.3, -0.25) is 4.79 Å². The van der Waals surface area contributed by atoms with E-state index in [1.54, 1.807) is 24.3 Å². The van der Waals surface area contributed by atoms with Crippen LogP contribution in [0.15, 0.2) is 42.5 Å². The Labute approximate surface area is 133 Å². The number of hydrogen-bond donors (Lipinski definition) is 3. The molecule has 2 aromatic rings. The van der Waals surface area contributed by atoms with Gasteiger partial charge < -0.3 is 20.9 Å². The van der Waals surface area contributed by atoms with Gasteiger partial charge in [0.1, 0.15) is 5.75 Å². The molecule has 0 bridgehead atoms. The second kappa shape index (κ2) is 7.31. The lowest BCUT2D eigenvalue weighted by Gasteiger charge is -2.10. The zero-order valence-electron chi connectivity index (χ0n) is 12.7. The van der Waals surface area contributed by atoms with E-state index in [9.17, 15) is 9.59 Å². The van der Waals surface area contributed by atoms with Crippen molar-refractivity contribution in [3.05, 3.63) is 53.6 Å². The summed E-state index contributed by atoms with van der Waals surface area (Å²) < 4.78 is 5.46. The monoisotopic (exact) mass is 314 g/mol. The number of hydrogen-bond acceptors (Lipinski definition) is 4. The van der Waals surface area contributed by atoms with Crippen LogP contribution in [0.4, 0.5) is 11.4 Å². The van der Waals surface area contributed by atoms with Gasteiger partial charge in [0, 0.05) is 11.3 Å². The molecule has 0 aliphatic rings. The summed E-state index contributed by atoms with van der Waals surface area (Å²) in [5.74, 6) is -0.889. The lowest BCUT2D eigenvalue weighted by molar-refractivity contribution is 0.0696. The van der Waals surface area contributed by atoms with E-state index < -0.39 is 5.97 Å². The molecule has 0 radical (unpaired) electrons. The van der Waals surface area contributed by atoms with Crippen molar-refractivity contribution in [1.82, 2.24) is 0 Å². The first kappa shape index (κ1) is 16.4. The van der Waals surface area contributed by atoms with Gasteiger partial charge in [0.05, 0.1) is 17.9 Å². The normalized spacial score (nSPS) is 10.1. The first-order valence-corrected chi connectivity index (χ1v) is 7.18. The Bertz CT molecular complexity index is 728. The molecule has 0 unspecified atom stereocenters. The van der Waals surface area contributed by atoms with Crippen LogP contribution in [0, 0.1) is 0 Å². The summed E-state index contributed by atoms with van der Waals surface area (Å²) in [6.45, 7) is 2.54. The number of amides is 1. The van der Waals surface area contributed by atoms with Crippen LogP contribution >= 0.6 is 0 Å². The molecule has 2 rings (SSSR count). The number of carbonyl (C=O) groups is 2. The molecule has 0 saturated carbocycles. The molecule has 0 aromatic heterocycles. The molecule has 6 nitrogen and oxygen atoms in total. The molecule has 120 valence electrons. The molecule has 0 heterocycles. The molecule has 6 heteroatoms. The van der Waals surface area contributed by atoms with Crippen molar-refractivity contribution in [2.45, 2.75) is 13.3 Å². The maximum atomic E-state index is 12.2. The Morgan fingerprint density at radius 1 is 1.17 bits per heavy atom. The van der Waals surface area contributed by atoms with Crippen LogP contribution < -0.4 is 15.8 Å². The zero-order chi connectivity index (χ0) is 16.8. The summed E-state index contributed by atoms with van der Waals surface area (Å²) in [6, 6.07) is 10.8. The van der Waals surface area contributed by atoms with E-state index in [2.05, 4.69) is 5.32 Å². The van der Waals surface area contributed by atoms with Crippen LogP contribution in [0.3, 0.4) is 0 Å². The minimum atomic E-state index is -1.05. The molecular formula is C17H18N2O4. The fourth-order valence-corrected chi connectivity index (χ4v) is 1.97. The highest BCUT2D eigenvalue weighted by atomic mass is 16.5. The van der Waals surface area contributed by atoms with Gasteiger partial charge in [0.2, 0.25) is 0 Å². The van der Waals surface area contributed by atoms with Gasteiger partial charge in [-0.2, -0.15) is 0 Å². The molecule has 0 saturated heterocycles. The van der Waals surface area contributed by atoms with Crippen molar-refractivity contribution in [1.29, 1.82) is 0 Å². The molecule has 2 aromatic carbocycles. The predicted octanol–water partition coefficient (Wildman–Crippen LogP) is 3.01. The molecule has 1 amide bonds. The largest absolute Gasteiger partial charge is 0.491 e. The number of nitrogens with one attached hydrogen (secondary N) is 1. The first-order chi connectivity index (χ1) is 11.0. The standard InChI is InChI=1S/C17H18N2O4/c1-2-8-23-15-7-6-11(10-14(15)18)16(20)19-13-5-3-4-12(9-13)17(21)22/h3-7,9-10H,2,8,18H2,1H3,(H,19,20)(H,21,22). The van der Waals surface area contributed by atoms with Crippen LogP contribution in [0.25, 0.3) is 0 Å². The molecule has 0 fully saturated rings. The summed E-state index contributed by atoms with van der Waals surface area (Å²) in [6.07, 6.45) is 0.863. The van der Waals surface area contributed by atoms with Crippen molar-refractivity contribution in [2.24, 2.45) is 0 Å². The number of benzene rings is 2. The van der Waals surface area contributed by atoms with Gasteiger partial charge in [-0.15, -0.1) is 0 Å². The second-order valence-electron chi connectivity index (χ2n) is 4.94. The predicted molar refractivity (Wildman–Crippen MR) is 88.0 cm³/mol. The van der Waals surface area contributed by atoms with Gasteiger partial charge in [-0.05, 0) is 42.8 Å². The van der Waals surface area contributed by atoms with Crippen molar-refractivity contribution < 1.29 is 19.4 Å².